The van der Waals surface area contributed by atoms with Crippen molar-refractivity contribution in [2.45, 2.75) is 38.0 Å². The van der Waals surface area contributed by atoms with Gasteiger partial charge in [-0.25, -0.2) is 13.4 Å². The van der Waals surface area contributed by atoms with Gasteiger partial charge in [0.2, 0.25) is 21.7 Å². The van der Waals surface area contributed by atoms with Gasteiger partial charge in [-0.3, -0.25) is 9.67 Å². The van der Waals surface area contributed by atoms with Crippen LogP contribution in [0.25, 0.3) is 11.5 Å². The van der Waals surface area contributed by atoms with Crippen molar-refractivity contribution in [2.75, 3.05) is 13.1 Å². The molecule has 4 heterocycles. The molecule has 0 aromatic carbocycles. The summed E-state index contributed by atoms with van der Waals surface area (Å²) in [6, 6.07) is 0. The molecule has 1 aliphatic rings. The van der Waals surface area contributed by atoms with E-state index in [-0.39, 0.29) is 5.92 Å². The van der Waals surface area contributed by atoms with Crippen LogP contribution in [0, 0.1) is 19.8 Å². The third-order valence-corrected chi connectivity index (χ3v) is 7.36. The first-order valence-corrected chi connectivity index (χ1v) is 10.9. The van der Waals surface area contributed by atoms with Crippen LogP contribution in [0.3, 0.4) is 0 Å². The molecule has 3 aromatic rings. The summed E-state index contributed by atoms with van der Waals surface area (Å²) in [6.07, 6.45) is 6.92. The molecule has 3 aromatic heterocycles. The summed E-state index contributed by atoms with van der Waals surface area (Å²) >= 11 is 0. The largest absolute Gasteiger partial charge is 0.339 e. The van der Waals surface area contributed by atoms with Gasteiger partial charge in [-0.05, 0) is 32.6 Å². The zero-order chi connectivity index (χ0) is 20.6. The monoisotopic (exact) mass is 417 g/mol. The van der Waals surface area contributed by atoms with Gasteiger partial charge in [0, 0.05) is 39.0 Å². The zero-order valence-corrected chi connectivity index (χ0v) is 17.4. The molecule has 0 bridgehead atoms. The lowest BCUT2D eigenvalue weighted by Gasteiger charge is -2.31. The SMILES string of the molecule is Cc1nn(C)c(C)c1S(=O)(=O)N1CCCC(Cc2nc(-c3cnccn3)no2)C1. The van der Waals surface area contributed by atoms with Crippen molar-refractivity contribution in [3.8, 4) is 11.5 Å². The second kappa shape index (κ2) is 7.64. The van der Waals surface area contributed by atoms with E-state index in [1.165, 1.54) is 0 Å². The zero-order valence-electron chi connectivity index (χ0n) is 16.6. The van der Waals surface area contributed by atoms with Crippen LogP contribution in [0.2, 0.25) is 0 Å². The summed E-state index contributed by atoms with van der Waals surface area (Å²) in [6.45, 7) is 4.43. The lowest BCUT2D eigenvalue weighted by molar-refractivity contribution is 0.247. The Morgan fingerprint density at radius 2 is 2.10 bits per heavy atom. The van der Waals surface area contributed by atoms with E-state index in [0.717, 1.165) is 12.8 Å². The number of aryl methyl sites for hydroxylation is 2. The third kappa shape index (κ3) is 3.79. The second-order valence-corrected chi connectivity index (χ2v) is 9.18. The molecule has 29 heavy (non-hydrogen) atoms. The first kappa shape index (κ1) is 19.6. The maximum absolute atomic E-state index is 13.2. The molecule has 1 atom stereocenters. The lowest BCUT2D eigenvalue weighted by Crippen LogP contribution is -2.40. The van der Waals surface area contributed by atoms with Crippen molar-refractivity contribution >= 4 is 10.0 Å². The smallest absolute Gasteiger partial charge is 0.246 e. The van der Waals surface area contributed by atoms with E-state index in [0.29, 0.717) is 53.2 Å². The molecule has 10 nitrogen and oxygen atoms in total. The Balaban J connectivity index is 1.50. The molecule has 0 aliphatic carbocycles. The molecule has 0 saturated carbocycles. The highest BCUT2D eigenvalue weighted by molar-refractivity contribution is 7.89. The van der Waals surface area contributed by atoms with Gasteiger partial charge < -0.3 is 4.52 Å². The molecular formula is C18H23N7O3S. The molecule has 0 radical (unpaired) electrons. The maximum atomic E-state index is 13.2. The molecule has 0 N–H and O–H groups in total. The molecule has 4 rings (SSSR count). The van der Waals surface area contributed by atoms with E-state index in [4.69, 9.17) is 4.52 Å². The Labute approximate surface area is 169 Å². The number of hydrogen-bond acceptors (Lipinski definition) is 8. The number of piperidine rings is 1. The molecule has 1 aliphatic heterocycles. The van der Waals surface area contributed by atoms with Crippen molar-refractivity contribution in [2.24, 2.45) is 13.0 Å². The first-order valence-electron chi connectivity index (χ1n) is 9.45. The fraction of sp³-hybridized carbons (Fsp3) is 0.500. The Bertz CT molecular complexity index is 1110. The first-order chi connectivity index (χ1) is 13.9. The summed E-state index contributed by atoms with van der Waals surface area (Å²) in [7, 11) is -1.85. The molecule has 0 spiro atoms. The molecule has 1 saturated heterocycles. The predicted octanol–water partition coefficient (Wildman–Crippen LogP) is 1.52. The predicted molar refractivity (Wildman–Crippen MR) is 103 cm³/mol. The highest BCUT2D eigenvalue weighted by atomic mass is 32.2. The average molecular weight is 417 g/mol. The van der Waals surface area contributed by atoms with Gasteiger partial charge in [0.25, 0.3) is 0 Å². The fourth-order valence-electron chi connectivity index (χ4n) is 3.77. The minimum atomic E-state index is -3.60. The highest BCUT2D eigenvalue weighted by Gasteiger charge is 2.34. The average Bonchev–Trinajstić information content (AvgIpc) is 3.27. The third-order valence-electron chi connectivity index (χ3n) is 5.25. The number of nitrogens with zero attached hydrogens (tertiary/aromatic N) is 7. The lowest BCUT2D eigenvalue weighted by atomic mass is 9.96. The standard InChI is InChI=1S/C18H23N7O3S/c1-12-17(13(2)24(3)22-12)29(26,27)25-8-4-5-14(11-25)9-16-21-18(23-28-16)15-10-19-6-7-20-15/h6-7,10,14H,4-5,8-9,11H2,1-3H3. The summed E-state index contributed by atoms with van der Waals surface area (Å²) < 4.78 is 35.0. The molecular weight excluding hydrogens is 394 g/mol. The van der Waals surface area contributed by atoms with Crippen LogP contribution in [-0.2, 0) is 23.5 Å². The molecule has 154 valence electrons. The topological polar surface area (TPSA) is 120 Å². The quantitative estimate of drug-likeness (QED) is 0.613. The van der Waals surface area contributed by atoms with Crippen molar-refractivity contribution in [3.05, 3.63) is 35.9 Å². The summed E-state index contributed by atoms with van der Waals surface area (Å²) in [4.78, 5) is 12.9. The van der Waals surface area contributed by atoms with Crippen molar-refractivity contribution in [1.82, 2.24) is 34.2 Å². The minimum absolute atomic E-state index is 0.103. The van der Waals surface area contributed by atoms with Gasteiger partial charge in [0.1, 0.15) is 10.6 Å². The maximum Gasteiger partial charge on any atom is 0.246 e. The van der Waals surface area contributed by atoms with Gasteiger partial charge in [-0.2, -0.15) is 14.4 Å². The van der Waals surface area contributed by atoms with Gasteiger partial charge >= 0.3 is 0 Å². The van der Waals surface area contributed by atoms with Gasteiger partial charge in [0.05, 0.1) is 17.6 Å². The van der Waals surface area contributed by atoms with Crippen LogP contribution in [0.1, 0.15) is 30.1 Å². The van der Waals surface area contributed by atoms with E-state index in [1.807, 2.05) is 0 Å². The van der Waals surface area contributed by atoms with E-state index in [2.05, 4.69) is 25.2 Å². The molecule has 0 amide bonds. The number of hydrogen-bond donors (Lipinski definition) is 0. The van der Waals surface area contributed by atoms with Gasteiger partial charge in [-0.15, -0.1) is 0 Å². The summed E-state index contributed by atoms with van der Waals surface area (Å²) in [5.74, 6) is 0.963. The van der Waals surface area contributed by atoms with Crippen molar-refractivity contribution in [1.29, 1.82) is 0 Å². The van der Waals surface area contributed by atoms with E-state index < -0.39 is 10.0 Å². The van der Waals surface area contributed by atoms with Crippen molar-refractivity contribution in [3.63, 3.8) is 0 Å². The van der Waals surface area contributed by atoms with Crippen LogP contribution < -0.4 is 0 Å². The number of aromatic nitrogens is 6. The van der Waals surface area contributed by atoms with Crippen molar-refractivity contribution < 1.29 is 12.9 Å². The van der Waals surface area contributed by atoms with Crippen LogP contribution in [-0.4, -0.2) is 55.7 Å². The minimum Gasteiger partial charge on any atom is -0.339 e. The van der Waals surface area contributed by atoms with Gasteiger partial charge in [0.15, 0.2) is 0 Å². The summed E-state index contributed by atoms with van der Waals surface area (Å²) in [5, 5.41) is 8.22. The van der Waals surface area contributed by atoms with Crippen LogP contribution in [0.5, 0.6) is 0 Å². The Morgan fingerprint density at radius 1 is 1.28 bits per heavy atom. The number of sulfonamides is 1. The fourth-order valence-corrected chi connectivity index (χ4v) is 5.73. The summed E-state index contributed by atoms with van der Waals surface area (Å²) in [5.41, 5.74) is 1.71. The molecule has 1 fully saturated rings. The van der Waals surface area contributed by atoms with Gasteiger partial charge in [-0.1, -0.05) is 5.16 Å². The van der Waals surface area contributed by atoms with Crippen LogP contribution in [0.15, 0.2) is 28.0 Å². The van der Waals surface area contributed by atoms with Crippen LogP contribution in [0.4, 0.5) is 0 Å². The Morgan fingerprint density at radius 3 is 2.79 bits per heavy atom. The number of rotatable bonds is 5. The molecule has 11 heteroatoms. The van der Waals surface area contributed by atoms with Crippen LogP contribution >= 0.6 is 0 Å². The Kier molecular flexibility index (Phi) is 5.17. The molecule has 1 unspecified atom stereocenters. The second-order valence-electron chi connectivity index (χ2n) is 7.30. The Hall–Kier alpha value is -2.66. The van der Waals surface area contributed by atoms with E-state index in [1.54, 1.807) is 48.5 Å². The normalized spacial score (nSPS) is 18.2. The highest BCUT2D eigenvalue weighted by Crippen LogP contribution is 2.29. The van der Waals surface area contributed by atoms with E-state index >= 15 is 0 Å². The van der Waals surface area contributed by atoms with E-state index in [9.17, 15) is 8.42 Å².